The van der Waals surface area contributed by atoms with Gasteiger partial charge in [0, 0.05) is 29.5 Å². The molecule has 0 aliphatic carbocycles. The van der Waals surface area contributed by atoms with E-state index in [1.165, 1.54) is 28.9 Å². The Bertz CT molecular complexity index is 1230. The van der Waals surface area contributed by atoms with Crippen LogP contribution in [0.25, 0.3) is 10.9 Å². The molecule has 2 aromatic heterocycles. The second kappa shape index (κ2) is 9.32. The lowest BCUT2D eigenvalue weighted by Gasteiger charge is -2.19. The van der Waals surface area contributed by atoms with Gasteiger partial charge in [-0.1, -0.05) is 13.0 Å². The summed E-state index contributed by atoms with van der Waals surface area (Å²) in [6, 6.07) is 11.6. The van der Waals surface area contributed by atoms with Crippen molar-refractivity contribution in [2.45, 2.75) is 18.9 Å². The van der Waals surface area contributed by atoms with Crippen LogP contribution < -0.4 is 5.32 Å². The molecule has 3 heterocycles. The van der Waals surface area contributed by atoms with Gasteiger partial charge in [-0.05, 0) is 35.9 Å². The van der Waals surface area contributed by atoms with Crippen LogP contribution in [0.15, 0.2) is 48.8 Å². The molecule has 162 valence electrons. The predicted molar refractivity (Wildman–Crippen MR) is 119 cm³/mol. The first-order valence-corrected chi connectivity index (χ1v) is 11.2. The Kier molecular flexibility index (Phi) is 6.32. The molecule has 0 unspecified atom stereocenters. The number of hydrogen-bond donors (Lipinski definition) is 1. The summed E-state index contributed by atoms with van der Waals surface area (Å²) >= 11 is 1.51. The van der Waals surface area contributed by atoms with Crippen molar-refractivity contribution in [2.24, 2.45) is 0 Å². The molecule has 1 aliphatic heterocycles. The number of pyridine rings is 2. The number of carbonyl (C=O) groups excluding carboxylic acids is 2. The van der Waals surface area contributed by atoms with Gasteiger partial charge in [-0.15, -0.1) is 11.8 Å². The van der Waals surface area contributed by atoms with Crippen LogP contribution in [-0.2, 0) is 4.79 Å². The first-order valence-electron chi connectivity index (χ1n) is 10.0. The molecule has 3 aromatic rings. The van der Waals surface area contributed by atoms with Gasteiger partial charge >= 0.3 is 0 Å². The number of halogens is 1. The number of nitrogens with one attached hydrogen (secondary N) is 1. The molecule has 0 spiro atoms. The fourth-order valence-corrected chi connectivity index (χ4v) is 4.76. The number of fused-ring (bicyclic) bond motifs is 1. The zero-order valence-electron chi connectivity index (χ0n) is 17.3. The third-order valence-corrected chi connectivity index (χ3v) is 6.47. The van der Waals surface area contributed by atoms with Crippen molar-refractivity contribution in [3.8, 4) is 6.07 Å². The predicted octanol–water partition coefficient (Wildman–Crippen LogP) is 3.08. The minimum Gasteiger partial charge on any atom is -0.343 e. The van der Waals surface area contributed by atoms with E-state index < -0.39 is 17.8 Å². The number of aromatic nitrogens is 2. The van der Waals surface area contributed by atoms with E-state index in [1.807, 2.05) is 13.0 Å². The zero-order valence-corrected chi connectivity index (χ0v) is 18.1. The smallest absolute Gasteiger partial charge is 0.252 e. The summed E-state index contributed by atoms with van der Waals surface area (Å²) < 4.78 is 14.2. The Morgan fingerprint density at radius 2 is 2.16 bits per heavy atom. The highest BCUT2D eigenvalue weighted by Crippen LogP contribution is 2.28. The van der Waals surface area contributed by atoms with Crippen LogP contribution in [0.5, 0.6) is 0 Å². The topological polar surface area (TPSA) is 99.0 Å². The fourth-order valence-electron chi connectivity index (χ4n) is 3.65. The largest absolute Gasteiger partial charge is 0.343 e. The van der Waals surface area contributed by atoms with Gasteiger partial charge in [-0.2, -0.15) is 5.26 Å². The van der Waals surface area contributed by atoms with E-state index in [4.69, 9.17) is 5.26 Å². The van der Waals surface area contributed by atoms with Crippen molar-refractivity contribution < 1.29 is 14.0 Å². The molecule has 0 radical (unpaired) electrons. The third kappa shape index (κ3) is 4.27. The van der Waals surface area contributed by atoms with Crippen LogP contribution in [0, 0.1) is 17.1 Å². The molecule has 7 nitrogen and oxygen atoms in total. The molecule has 2 atom stereocenters. The molecular weight excluding hydrogens is 429 g/mol. The van der Waals surface area contributed by atoms with Crippen molar-refractivity contribution in [1.82, 2.24) is 20.2 Å². The number of carbonyl (C=O) groups is 2. The van der Waals surface area contributed by atoms with Gasteiger partial charge in [-0.25, -0.2) is 4.39 Å². The van der Waals surface area contributed by atoms with Gasteiger partial charge in [-0.3, -0.25) is 19.6 Å². The van der Waals surface area contributed by atoms with Crippen molar-refractivity contribution in [3.05, 3.63) is 71.4 Å². The maximum absolute atomic E-state index is 14.2. The summed E-state index contributed by atoms with van der Waals surface area (Å²) in [5.74, 6) is -0.417. The van der Waals surface area contributed by atoms with E-state index in [0.29, 0.717) is 33.8 Å². The van der Waals surface area contributed by atoms with Crippen molar-refractivity contribution >= 4 is 34.5 Å². The molecule has 1 aromatic carbocycles. The molecule has 1 N–H and O–H groups in total. The summed E-state index contributed by atoms with van der Waals surface area (Å²) in [4.78, 5) is 35.3. The quantitative estimate of drug-likeness (QED) is 0.643. The molecule has 0 saturated carbocycles. The second-order valence-electron chi connectivity index (χ2n) is 7.42. The molecule has 0 bridgehead atoms. The van der Waals surface area contributed by atoms with E-state index >= 15 is 0 Å². The Morgan fingerprint density at radius 1 is 1.31 bits per heavy atom. The zero-order chi connectivity index (χ0) is 22.7. The molecule has 2 amide bonds. The van der Waals surface area contributed by atoms with Gasteiger partial charge in [0.2, 0.25) is 5.91 Å². The van der Waals surface area contributed by atoms with Gasteiger partial charge in [0.15, 0.2) is 0 Å². The SMILES string of the molecule is C[C@H](c1ccc2nccc(C(=O)NCC(=O)N3CSC[C@H]3C#N)c2c1)c1ncccc1F. The molecule has 1 fully saturated rings. The van der Waals surface area contributed by atoms with Crippen molar-refractivity contribution in [1.29, 1.82) is 5.26 Å². The average molecular weight is 450 g/mol. The highest BCUT2D eigenvalue weighted by molar-refractivity contribution is 7.99. The second-order valence-corrected chi connectivity index (χ2v) is 8.42. The van der Waals surface area contributed by atoms with Crippen LogP contribution >= 0.6 is 11.8 Å². The van der Waals surface area contributed by atoms with E-state index in [9.17, 15) is 14.0 Å². The number of hydrogen-bond acceptors (Lipinski definition) is 6. The Balaban J connectivity index is 1.57. The fraction of sp³-hybridized carbons (Fsp3) is 0.261. The summed E-state index contributed by atoms with van der Waals surface area (Å²) in [5, 5.41) is 12.4. The number of nitrogens with zero attached hydrogens (tertiary/aromatic N) is 4. The highest BCUT2D eigenvalue weighted by atomic mass is 32.2. The normalized spacial score (nSPS) is 16.5. The minimum atomic E-state index is -0.470. The highest BCUT2D eigenvalue weighted by Gasteiger charge is 2.29. The standard InChI is InChI=1S/C23H20FN5O2S/c1-14(22-19(24)3-2-7-27-22)15-4-5-20-18(9-15)17(6-8-26-20)23(31)28-11-21(30)29-13-32-12-16(29)10-25/h2-9,14,16H,11-13H2,1H3,(H,28,31)/t14-,16-/m1/s1. The number of rotatable bonds is 5. The number of amides is 2. The Hall–Kier alpha value is -3.51. The third-order valence-electron chi connectivity index (χ3n) is 5.46. The van der Waals surface area contributed by atoms with Crippen LogP contribution in [-0.4, -0.2) is 50.9 Å². The summed E-state index contributed by atoms with van der Waals surface area (Å²) in [6.07, 6.45) is 3.08. The van der Waals surface area contributed by atoms with Gasteiger partial charge in [0.1, 0.15) is 11.9 Å². The molecular formula is C23H20FN5O2S. The minimum absolute atomic E-state index is 0.198. The maximum Gasteiger partial charge on any atom is 0.252 e. The van der Waals surface area contributed by atoms with Crippen LogP contribution in [0.1, 0.15) is 34.5 Å². The number of benzene rings is 1. The van der Waals surface area contributed by atoms with Gasteiger partial charge < -0.3 is 10.2 Å². The maximum atomic E-state index is 14.2. The van der Waals surface area contributed by atoms with Crippen molar-refractivity contribution in [3.63, 3.8) is 0 Å². The summed E-state index contributed by atoms with van der Waals surface area (Å²) in [7, 11) is 0. The molecule has 4 rings (SSSR count). The van der Waals surface area contributed by atoms with Crippen LogP contribution in [0.3, 0.4) is 0 Å². The summed E-state index contributed by atoms with van der Waals surface area (Å²) in [5.41, 5.74) is 2.09. The molecule has 9 heteroatoms. The first-order chi connectivity index (χ1) is 15.5. The first kappa shape index (κ1) is 21.7. The monoisotopic (exact) mass is 449 g/mol. The van der Waals surface area contributed by atoms with E-state index in [1.54, 1.807) is 30.5 Å². The lowest BCUT2D eigenvalue weighted by atomic mass is 9.94. The van der Waals surface area contributed by atoms with Gasteiger partial charge in [0.25, 0.3) is 5.91 Å². The lowest BCUT2D eigenvalue weighted by Crippen LogP contribution is -2.42. The Morgan fingerprint density at radius 3 is 2.94 bits per heavy atom. The molecule has 1 saturated heterocycles. The lowest BCUT2D eigenvalue weighted by molar-refractivity contribution is -0.129. The van der Waals surface area contributed by atoms with Crippen molar-refractivity contribution in [2.75, 3.05) is 18.2 Å². The van der Waals surface area contributed by atoms with Crippen LogP contribution in [0.4, 0.5) is 4.39 Å². The van der Waals surface area contributed by atoms with E-state index in [-0.39, 0.29) is 18.4 Å². The summed E-state index contributed by atoms with van der Waals surface area (Å²) in [6.45, 7) is 1.65. The van der Waals surface area contributed by atoms with Crippen LogP contribution in [0.2, 0.25) is 0 Å². The number of thioether (sulfide) groups is 1. The van der Waals surface area contributed by atoms with E-state index in [2.05, 4.69) is 21.4 Å². The number of nitriles is 1. The molecule has 32 heavy (non-hydrogen) atoms. The van der Waals surface area contributed by atoms with Gasteiger partial charge in [0.05, 0.1) is 35.3 Å². The molecule has 1 aliphatic rings. The van der Waals surface area contributed by atoms with E-state index in [0.717, 1.165) is 5.56 Å². The average Bonchev–Trinajstić information content (AvgIpc) is 3.30. The Labute approximate surface area is 188 Å².